The smallest absolute Gasteiger partial charge is 0.268 e. The highest BCUT2D eigenvalue weighted by molar-refractivity contribution is 7.92. The maximum atomic E-state index is 15.2. The van der Waals surface area contributed by atoms with Crippen molar-refractivity contribution < 1.29 is 21.6 Å². The van der Waals surface area contributed by atoms with E-state index in [4.69, 9.17) is 11.6 Å². The van der Waals surface area contributed by atoms with Crippen LogP contribution in [0.3, 0.4) is 0 Å². The Bertz CT molecular complexity index is 1330. The van der Waals surface area contributed by atoms with Crippen LogP contribution in [0.25, 0.3) is 0 Å². The molecule has 1 aliphatic carbocycles. The Morgan fingerprint density at radius 2 is 1.78 bits per heavy atom. The lowest BCUT2D eigenvalue weighted by molar-refractivity contribution is -0.0205. The van der Waals surface area contributed by atoms with Crippen molar-refractivity contribution >= 4 is 33.1 Å². The standard InChI is InChI=1S/C26H32ClF3N4O2S/c1-24(2)10-11-34(14-24)26(8-5-9-26)13-25(3)15-33(16-25)18-12-17(28)23(22(30)21(18)27)37(35,36)32-20-7-4-6-19(29)31-20/h4,6-7,12H,5,8-11,13-16H2,1-3H3,(H,31,32). The third-order valence-electron chi connectivity index (χ3n) is 8.19. The number of pyridine rings is 1. The van der Waals surface area contributed by atoms with E-state index in [-0.39, 0.29) is 16.6 Å². The van der Waals surface area contributed by atoms with Crippen molar-refractivity contribution in [2.45, 2.75) is 63.3 Å². The van der Waals surface area contributed by atoms with Gasteiger partial charge in [-0.3, -0.25) is 9.62 Å². The third-order valence-corrected chi connectivity index (χ3v) is 9.94. The van der Waals surface area contributed by atoms with Crippen LogP contribution >= 0.6 is 11.6 Å². The molecule has 2 aromatic rings. The SMILES string of the molecule is CC1(C)CCN(C2(CC3(C)CN(c4cc(F)c(S(=O)(=O)Nc5cccc(F)n5)c(F)c4Cl)C3)CCC2)C1. The second-order valence-electron chi connectivity index (χ2n) is 12.0. The van der Waals surface area contributed by atoms with Gasteiger partial charge in [-0.2, -0.15) is 4.39 Å². The summed E-state index contributed by atoms with van der Waals surface area (Å²) in [7, 11) is -4.74. The molecule has 2 saturated heterocycles. The molecule has 3 heterocycles. The molecule has 11 heteroatoms. The summed E-state index contributed by atoms with van der Waals surface area (Å²) in [6.45, 7) is 10.1. The number of hydrogen-bond donors (Lipinski definition) is 1. The number of anilines is 2. The summed E-state index contributed by atoms with van der Waals surface area (Å²) >= 11 is 6.25. The average Bonchev–Trinajstić information content (AvgIpc) is 3.11. The topological polar surface area (TPSA) is 65.5 Å². The Balaban J connectivity index is 1.33. The summed E-state index contributed by atoms with van der Waals surface area (Å²) in [5, 5.41) is -0.462. The number of nitrogens with one attached hydrogen (secondary N) is 1. The molecule has 0 spiro atoms. The maximum Gasteiger partial charge on any atom is 0.268 e. The molecule has 2 aliphatic heterocycles. The van der Waals surface area contributed by atoms with Crippen molar-refractivity contribution in [2.75, 3.05) is 35.8 Å². The molecule has 0 bridgehead atoms. The van der Waals surface area contributed by atoms with Crippen LogP contribution in [0.5, 0.6) is 0 Å². The first-order valence-electron chi connectivity index (χ1n) is 12.6. The van der Waals surface area contributed by atoms with Crippen molar-refractivity contribution in [2.24, 2.45) is 10.8 Å². The van der Waals surface area contributed by atoms with Gasteiger partial charge in [0.2, 0.25) is 5.95 Å². The van der Waals surface area contributed by atoms with Gasteiger partial charge in [0.25, 0.3) is 10.0 Å². The number of benzene rings is 1. The van der Waals surface area contributed by atoms with Gasteiger partial charge in [0.1, 0.15) is 16.7 Å². The van der Waals surface area contributed by atoms with Crippen LogP contribution < -0.4 is 9.62 Å². The number of likely N-dealkylation sites (tertiary alicyclic amines) is 1. The van der Waals surface area contributed by atoms with E-state index in [1.807, 2.05) is 4.72 Å². The first kappa shape index (κ1) is 26.6. The third kappa shape index (κ3) is 4.92. The minimum absolute atomic E-state index is 0.0429. The predicted molar refractivity (Wildman–Crippen MR) is 138 cm³/mol. The molecule has 3 aliphatic rings. The van der Waals surface area contributed by atoms with Gasteiger partial charge in [0.15, 0.2) is 10.7 Å². The first-order chi connectivity index (χ1) is 17.2. The molecule has 202 valence electrons. The van der Waals surface area contributed by atoms with Gasteiger partial charge >= 0.3 is 0 Å². The molecule has 3 fully saturated rings. The fourth-order valence-corrected chi connectivity index (χ4v) is 7.82. The second kappa shape index (κ2) is 9.02. The van der Waals surface area contributed by atoms with Gasteiger partial charge in [0, 0.05) is 36.7 Å². The zero-order valence-corrected chi connectivity index (χ0v) is 22.8. The van der Waals surface area contributed by atoms with Gasteiger partial charge in [-0.25, -0.2) is 22.2 Å². The van der Waals surface area contributed by atoms with E-state index < -0.39 is 43.3 Å². The molecule has 1 N–H and O–H groups in total. The molecule has 37 heavy (non-hydrogen) atoms. The maximum absolute atomic E-state index is 15.2. The number of halogens is 4. The Morgan fingerprint density at radius 3 is 2.35 bits per heavy atom. The Labute approximate surface area is 221 Å². The van der Waals surface area contributed by atoms with E-state index >= 15 is 8.78 Å². The normalized spacial score (nSPS) is 22.4. The molecule has 5 rings (SSSR count). The number of sulfonamides is 1. The zero-order chi connectivity index (χ0) is 26.8. The number of aromatic nitrogens is 1. The van der Waals surface area contributed by atoms with Gasteiger partial charge in [-0.1, -0.05) is 38.4 Å². The average molecular weight is 557 g/mol. The van der Waals surface area contributed by atoms with Crippen LogP contribution in [0.15, 0.2) is 29.2 Å². The molecular formula is C26H32ClF3N4O2S. The van der Waals surface area contributed by atoms with Crippen LogP contribution in [0.4, 0.5) is 24.7 Å². The summed E-state index contributed by atoms with van der Waals surface area (Å²) in [6.07, 6.45) is 5.75. The van der Waals surface area contributed by atoms with Crippen LogP contribution in [-0.2, 0) is 10.0 Å². The highest BCUT2D eigenvalue weighted by Crippen LogP contribution is 2.52. The molecule has 1 aromatic carbocycles. The Hall–Kier alpha value is -2.04. The molecular weight excluding hydrogens is 525 g/mol. The van der Waals surface area contributed by atoms with Crippen LogP contribution in [-0.4, -0.2) is 50.0 Å². The van der Waals surface area contributed by atoms with Gasteiger partial charge < -0.3 is 4.90 Å². The van der Waals surface area contributed by atoms with Gasteiger partial charge in [-0.05, 0) is 56.2 Å². The number of hydrogen-bond acceptors (Lipinski definition) is 5. The van der Waals surface area contributed by atoms with Crippen LogP contribution in [0, 0.1) is 28.4 Å². The van der Waals surface area contributed by atoms with E-state index in [2.05, 4.69) is 30.7 Å². The van der Waals surface area contributed by atoms with Crippen LogP contribution in [0.2, 0.25) is 5.02 Å². The van der Waals surface area contributed by atoms with Crippen molar-refractivity contribution in [3.05, 3.63) is 46.9 Å². The quantitative estimate of drug-likeness (QED) is 0.344. The largest absolute Gasteiger partial charge is 0.369 e. The van der Waals surface area contributed by atoms with Gasteiger partial charge in [-0.15, -0.1) is 0 Å². The minimum Gasteiger partial charge on any atom is -0.369 e. The Kier molecular flexibility index (Phi) is 6.47. The highest BCUT2D eigenvalue weighted by atomic mass is 35.5. The molecule has 0 unspecified atom stereocenters. The van der Waals surface area contributed by atoms with E-state index in [1.165, 1.54) is 37.8 Å². The monoisotopic (exact) mass is 556 g/mol. The van der Waals surface area contributed by atoms with E-state index in [1.54, 1.807) is 4.90 Å². The summed E-state index contributed by atoms with van der Waals surface area (Å²) in [5.74, 6) is -4.00. The van der Waals surface area contributed by atoms with E-state index in [0.29, 0.717) is 18.5 Å². The summed E-state index contributed by atoms with van der Waals surface area (Å²) in [4.78, 5) is 6.61. The van der Waals surface area contributed by atoms with E-state index in [9.17, 15) is 12.8 Å². The fraction of sp³-hybridized carbons (Fsp3) is 0.577. The molecule has 6 nitrogen and oxygen atoms in total. The minimum atomic E-state index is -4.74. The van der Waals surface area contributed by atoms with E-state index in [0.717, 1.165) is 31.6 Å². The summed E-state index contributed by atoms with van der Waals surface area (Å²) in [6, 6.07) is 4.37. The first-order valence-corrected chi connectivity index (χ1v) is 14.4. The van der Waals surface area contributed by atoms with Crippen molar-refractivity contribution in [3.8, 4) is 0 Å². The molecule has 0 atom stereocenters. The van der Waals surface area contributed by atoms with Crippen molar-refractivity contribution in [1.29, 1.82) is 0 Å². The zero-order valence-electron chi connectivity index (χ0n) is 21.3. The lowest BCUT2D eigenvalue weighted by Crippen LogP contribution is -2.63. The highest BCUT2D eigenvalue weighted by Gasteiger charge is 2.53. The summed E-state index contributed by atoms with van der Waals surface area (Å²) in [5.41, 5.74) is 0.587. The summed E-state index contributed by atoms with van der Waals surface area (Å²) < 4.78 is 70.9. The molecule has 1 aromatic heterocycles. The molecule has 1 saturated carbocycles. The molecule has 0 amide bonds. The predicted octanol–water partition coefficient (Wildman–Crippen LogP) is 5.82. The number of rotatable bonds is 7. The van der Waals surface area contributed by atoms with Gasteiger partial charge in [0.05, 0.1) is 5.69 Å². The fourth-order valence-electron chi connectivity index (χ4n) is 6.35. The Morgan fingerprint density at radius 1 is 1.08 bits per heavy atom. The van der Waals surface area contributed by atoms with Crippen LogP contribution in [0.1, 0.15) is 52.9 Å². The number of nitrogens with zero attached hydrogens (tertiary/aromatic N) is 3. The lowest BCUT2D eigenvalue weighted by atomic mass is 9.63. The lowest BCUT2D eigenvalue weighted by Gasteiger charge is -2.58. The van der Waals surface area contributed by atoms with Crippen molar-refractivity contribution in [3.63, 3.8) is 0 Å². The second-order valence-corrected chi connectivity index (χ2v) is 14.0. The molecule has 0 radical (unpaired) electrons. The van der Waals surface area contributed by atoms with Crippen molar-refractivity contribution in [1.82, 2.24) is 9.88 Å².